The van der Waals surface area contributed by atoms with Crippen LogP contribution in [0, 0.1) is 13.8 Å². The van der Waals surface area contributed by atoms with Gasteiger partial charge in [0, 0.05) is 18.1 Å². The van der Waals surface area contributed by atoms with Crippen molar-refractivity contribution >= 4 is 23.5 Å². The van der Waals surface area contributed by atoms with Crippen LogP contribution in [0.3, 0.4) is 0 Å². The fraction of sp³-hybridized carbons (Fsp3) is 0.308. The Morgan fingerprint density at radius 3 is 2.33 bits per heavy atom. The van der Waals surface area contributed by atoms with Gasteiger partial charge in [-0.15, -0.1) is 0 Å². The standard InChI is InChI=1S/C26H30N4O3/c1-17-13-18(2)15-20(14-17)29-24(31)21-7-6-11-27-22(21)9-8-19-10-12-28-23(16-19)30-25(32)33-26(3,4)5/h6-7,10-16H,8-9H2,1-5H3,(H,29,31)(H,28,30,32). The molecular weight excluding hydrogens is 416 g/mol. The van der Waals surface area contributed by atoms with Crippen LogP contribution in [0.5, 0.6) is 0 Å². The van der Waals surface area contributed by atoms with Gasteiger partial charge < -0.3 is 10.1 Å². The Morgan fingerprint density at radius 1 is 0.909 bits per heavy atom. The third kappa shape index (κ3) is 7.42. The van der Waals surface area contributed by atoms with E-state index in [1.54, 1.807) is 51.4 Å². The number of nitrogens with one attached hydrogen (secondary N) is 2. The lowest BCUT2D eigenvalue weighted by molar-refractivity contribution is 0.0635. The summed E-state index contributed by atoms with van der Waals surface area (Å²) < 4.78 is 5.27. The van der Waals surface area contributed by atoms with Gasteiger partial charge in [-0.3, -0.25) is 15.1 Å². The maximum atomic E-state index is 12.9. The zero-order valence-electron chi connectivity index (χ0n) is 19.7. The van der Waals surface area contributed by atoms with Crippen LogP contribution in [0.15, 0.2) is 54.9 Å². The third-order valence-electron chi connectivity index (χ3n) is 4.72. The molecule has 3 rings (SSSR count). The molecule has 1 aromatic carbocycles. The number of anilines is 2. The maximum absolute atomic E-state index is 12.9. The van der Waals surface area contributed by atoms with E-state index in [1.807, 2.05) is 32.0 Å². The number of aryl methyl sites for hydroxylation is 4. The summed E-state index contributed by atoms with van der Waals surface area (Å²) in [6.45, 7) is 9.41. The number of nitrogens with zero attached hydrogens (tertiary/aromatic N) is 2. The predicted octanol–water partition coefficient (Wildman–Crippen LogP) is 5.48. The predicted molar refractivity (Wildman–Crippen MR) is 130 cm³/mol. The minimum absolute atomic E-state index is 0.190. The van der Waals surface area contributed by atoms with Crippen LogP contribution in [0.25, 0.3) is 0 Å². The van der Waals surface area contributed by atoms with Crippen molar-refractivity contribution in [3.05, 3.63) is 82.8 Å². The Labute approximate surface area is 194 Å². The van der Waals surface area contributed by atoms with Crippen molar-refractivity contribution in [3.8, 4) is 0 Å². The molecule has 2 amide bonds. The number of pyridine rings is 2. The van der Waals surface area contributed by atoms with E-state index in [4.69, 9.17) is 4.74 Å². The summed E-state index contributed by atoms with van der Waals surface area (Å²) in [5.74, 6) is 0.223. The second kappa shape index (κ2) is 10.3. The van der Waals surface area contributed by atoms with E-state index in [2.05, 4.69) is 26.7 Å². The SMILES string of the molecule is Cc1cc(C)cc(NC(=O)c2cccnc2CCc2ccnc(NC(=O)OC(C)(C)C)c2)c1. The molecule has 7 nitrogen and oxygen atoms in total. The van der Waals surface area contributed by atoms with E-state index in [1.165, 1.54) is 0 Å². The zero-order chi connectivity index (χ0) is 24.0. The van der Waals surface area contributed by atoms with Crippen LogP contribution < -0.4 is 10.6 Å². The topological polar surface area (TPSA) is 93.2 Å². The van der Waals surface area contributed by atoms with Crippen LogP contribution in [0.1, 0.15) is 53.5 Å². The molecule has 0 fully saturated rings. The normalized spacial score (nSPS) is 11.1. The Kier molecular flexibility index (Phi) is 7.43. The monoisotopic (exact) mass is 446 g/mol. The van der Waals surface area contributed by atoms with E-state index in [9.17, 15) is 9.59 Å². The molecule has 7 heteroatoms. The molecule has 0 saturated heterocycles. The summed E-state index contributed by atoms with van der Waals surface area (Å²) in [5.41, 5.74) is 4.56. The van der Waals surface area contributed by atoms with E-state index < -0.39 is 11.7 Å². The van der Waals surface area contributed by atoms with Crippen molar-refractivity contribution < 1.29 is 14.3 Å². The van der Waals surface area contributed by atoms with Gasteiger partial charge in [-0.25, -0.2) is 9.78 Å². The van der Waals surface area contributed by atoms with Gasteiger partial charge >= 0.3 is 6.09 Å². The van der Waals surface area contributed by atoms with Crippen molar-refractivity contribution in [1.82, 2.24) is 9.97 Å². The number of carbonyl (C=O) groups is 2. The summed E-state index contributed by atoms with van der Waals surface area (Å²) in [7, 11) is 0. The summed E-state index contributed by atoms with van der Waals surface area (Å²) in [6, 6.07) is 13.2. The molecule has 0 aliphatic rings. The number of ether oxygens (including phenoxy) is 1. The summed E-state index contributed by atoms with van der Waals surface area (Å²) in [6.07, 6.45) is 3.96. The van der Waals surface area contributed by atoms with Crippen LogP contribution in [-0.2, 0) is 17.6 Å². The largest absolute Gasteiger partial charge is 0.444 e. The number of benzene rings is 1. The smallest absolute Gasteiger partial charge is 0.413 e. The molecule has 2 N–H and O–H groups in total. The number of hydrogen-bond acceptors (Lipinski definition) is 5. The van der Waals surface area contributed by atoms with Crippen molar-refractivity contribution in [1.29, 1.82) is 0 Å². The second-order valence-electron chi connectivity index (χ2n) is 9.00. The summed E-state index contributed by atoms with van der Waals surface area (Å²) in [5, 5.41) is 5.63. The molecule has 0 bridgehead atoms. The summed E-state index contributed by atoms with van der Waals surface area (Å²) in [4.78, 5) is 33.6. The van der Waals surface area contributed by atoms with Crippen molar-refractivity contribution in [2.24, 2.45) is 0 Å². The molecule has 2 heterocycles. The van der Waals surface area contributed by atoms with Gasteiger partial charge in [-0.05, 0) is 101 Å². The molecule has 0 atom stereocenters. The molecule has 0 spiro atoms. The summed E-state index contributed by atoms with van der Waals surface area (Å²) >= 11 is 0. The van der Waals surface area contributed by atoms with Crippen molar-refractivity contribution in [2.45, 2.75) is 53.1 Å². The number of amides is 2. The molecule has 0 unspecified atom stereocenters. The fourth-order valence-corrected chi connectivity index (χ4v) is 3.46. The second-order valence-corrected chi connectivity index (χ2v) is 9.00. The molecule has 0 aliphatic carbocycles. The Hall–Kier alpha value is -3.74. The number of aromatic nitrogens is 2. The van der Waals surface area contributed by atoms with E-state index in [0.717, 1.165) is 22.4 Å². The van der Waals surface area contributed by atoms with Crippen molar-refractivity contribution in [2.75, 3.05) is 10.6 Å². The van der Waals surface area contributed by atoms with Crippen LogP contribution in [0.4, 0.5) is 16.3 Å². The van der Waals surface area contributed by atoms with Gasteiger partial charge in [0.15, 0.2) is 0 Å². The van der Waals surface area contributed by atoms with Gasteiger partial charge in [0.25, 0.3) is 5.91 Å². The molecule has 33 heavy (non-hydrogen) atoms. The zero-order valence-corrected chi connectivity index (χ0v) is 19.7. The lowest BCUT2D eigenvalue weighted by Crippen LogP contribution is -2.27. The van der Waals surface area contributed by atoms with Gasteiger partial charge in [-0.1, -0.05) is 6.07 Å². The average molecular weight is 447 g/mol. The highest BCUT2D eigenvalue weighted by Gasteiger charge is 2.17. The van der Waals surface area contributed by atoms with E-state index >= 15 is 0 Å². The molecule has 0 radical (unpaired) electrons. The first kappa shape index (κ1) is 23.9. The minimum Gasteiger partial charge on any atom is -0.444 e. The average Bonchev–Trinajstić information content (AvgIpc) is 2.70. The van der Waals surface area contributed by atoms with Gasteiger partial charge in [0.1, 0.15) is 11.4 Å². The maximum Gasteiger partial charge on any atom is 0.413 e. The number of hydrogen-bond donors (Lipinski definition) is 2. The first-order valence-corrected chi connectivity index (χ1v) is 10.9. The minimum atomic E-state index is -0.589. The highest BCUT2D eigenvalue weighted by Crippen LogP contribution is 2.18. The molecular formula is C26H30N4O3. The van der Waals surface area contributed by atoms with Crippen LogP contribution >= 0.6 is 0 Å². The highest BCUT2D eigenvalue weighted by molar-refractivity contribution is 6.05. The fourth-order valence-electron chi connectivity index (χ4n) is 3.46. The molecule has 2 aromatic heterocycles. The Balaban J connectivity index is 1.68. The Bertz CT molecular complexity index is 1130. The first-order chi connectivity index (χ1) is 15.6. The Morgan fingerprint density at radius 2 is 1.64 bits per heavy atom. The molecule has 3 aromatic rings. The lowest BCUT2D eigenvalue weighted by atomic mass is 10.0. The van der Waals surface area contributed by atoms with E-state index in [0.29, 0.717) is 29.9 Å². The van der Waals surface area contributed by atoms with Gasteiger partial charge in [0.05, 0.1) is 11.3 Å². The van der Waals surface area contributed by atoms with Crippen LogP contribution in [-0.4, -0.2) is 27.6 Å². The van der Waals surface area contributed by atoms with Crippen LogP contribution in [0.2, 0.25) is 0 Å². The molecule has 172 valence electrons. The molecule has 0 saturated carbocycles. The third-order valence-corrected chi connectivity index (χ3v) is 4.72. The van der Waals surface area contributed by atoms with Crippen molar-refractivity contribution in [3.63, 3.8) is 0 Å². The van der Waals surface area contributed by atoms with Gasteiger partial charge in [-0.2, -0.15) is 0 Å². The van der Waals surface area contributed by atoms with Gasteiger partial charge in [0.2, 0.25) is 0 Å². The first-order valence-electron chi connectivity index (χ1n) is 10.9. The number of carbonyl (C=O) groups excluding carboxylic acids is 2. The van der Waals surface area contributed by atoms with E-state index in [-0.39, 0.29) is 5.91 Å². The lowest BCUT2D eigenvalue weighted by Gasteiger charge is -2.19. The highest BCUT2D eigenvalue weighted by atomic mass is 16.6. The number of rotatable bonds is 6. The quantitative estimate of drug-likeness (QED) is 0.523. The molecule has 0 aliphatic heterocycles.